The van der Waals surface area contributed by atoms with Gasteiger partial charge in [-0.1, -0.05) is 0 Å². The zero-order valence-electron chi connectivity index (χ0n) is 73.9. The molecule has 19 heterocycles. The van der Waals surface area contributed by atoms with Crippen molar-refractivity contribution in [3.8, 4) is 0 Å². The quantitative estimate of drug-likeness (QED) is 0.0195. The molecule has 28 atom stereocenters. The molecular formula is C68H88N31O37P7S2. The highest BCUT2D eigenvalue weighted by Gasteiger charge is 2.53. The van der Waals surface area contributed by atoms with Crippen molar-refractivity contribution < 1.29 is 164 Å². The van der Waals surface area contributed by atoms with Crippen molar-refractivity contribution in [3.05, 3.63) is 108 Å². The molecule has 7 unspecified atom stereocenters. The largest absolute Gasteiger partial charge is 0.472 e. The number of phosphoric ester groups is 5. The number of guanidine groups is 1. The van der Waals surface area contributed by atoms with E-state index < -0.39 is 271 Å². The molecule has 11 aromatic rings. The molecule has 0 bridgehead atoms. The minimum absolute atomic E-state index is 0.0170. The average Bonchev–Trinajstić information content (AvgIpc) is 1.68. The van der Waals surface area contributed by atoms with Crippen LogP contribution in [0.5, 0.6) is 0 Å². The molecule has 77 heteroatoms. The molecule has 68 nitrogen and oxygen atoms in total. The second kappa shape index (κ2) is 41.4. The first-order chi connectivity index (χ1) is 68.8. The van der Waals surface area contributed by atoms with Gasteiger partial charge in [0.1, 0.15) is 175 Å². The third-order valence-corrected chi connectivity index (χ3v) is 31.4. The fourth-order valence-electron chi connectivity index (χ4n) is 17.1. The first-order valence-corrected chi connectivity index (χ1v) is 55.6. The highest BCUT2D eigenvalue weighted by Crippen LogP contribution is 2.59. The summed E-state index contributed by atoms with van der Waals surface area (Å²) in [5.74, 6) is -0.851. The molecule has 25 N–H and O–H groups in total. The number of phosphoric acid groups is 5. The van der Waals surface area contributed by atoms with Gasteiger partial charge >= 0.3 is 63.9 Å². The molecule has 11 aromatic heterocycles. The number of nitrogens with one attached hydrogen (secondary N) is 1. The number of nitrogens with two attached hydrogens (primary N) is 7. The molecule has 19 rings (SSSR count). The summed E-state index contributed by atoms with van der Waals surface area (Å²) in [5.41, 5.74) is 41.1. The van der Waals surface area contributed by atoms with E-state index in [0.717, 1.165) is 34.3 Å². The Morgan fingerprint density at radius 3 is 0.952 bits per heavy atom. The molecule has 0 amide bonds. The topological polar surface area (TPSA) is 941 Å². The van der Waals surface area contributed by atoms with Gasteiger partial charge in [-0.3, -0.25) is 72.7 Å². The smallest absolute Gasteiger partial charge is 0.390 e. The standard InChI is InChI=1S/C68H88N31O37P7S2/c69-42-1-3-93(67(102)89-42)45-6-29(37(125-45)14-118-139(109,110)132-30-7-47(127-36(30)13-117-137(104,105)106)96-24-85-52-57(72)77-20-81-61(52)96)131-138(107,108)120-16-39-32(9-50(129-39)99-27-88-55-64(99)91-66(75)92-65(55)101)134-140(111,112)119-15-38-31(8-48(128-38)97-25-86-53-58(73)78-21-82-62(53)97)133-141(113,114)121-17-40-33(10-46(126-40)94-4-2-43(70)90-68(94)103)135-143(116,145)123-18-41-34(11-49(130-41)98-26-87-54-59(74)79-22-83-63(54)98)136-142(115,144)122-12-35-28(100)5-44(124-35)95-23-84-51-56(71)76-19-80-60(51)95/h1-4,19-41,44-50,65,100-101H,5-18H2,(H,107,108)(H,109,110)(H,111,112)(H,113,114)(H,115,144)(H,116,145)(H2,69,89,102)(H2,70,90,103)(H2,71,76,80)(H2,72,77,81)(H2,73,78,82)(H2,74,79,83)(H3,75,91,92)(H2,104,105,106)/t28-,29-,30-,31-,32-,33-,34-,35-,36-,37-,38-,39-,40-,41-,44-,45-,46-,47-,48-,49-,50-,65?,142?,143?/m1/s1. The fraction of sp³-hybridized carbons (Fsp3) is 0.529. The minimum atomic E-state index is -5.67. The summed E-state index contributed by atoms with van der Waals surface area (Å²) in [4.78, 5) is 182. The molecule has 0 saturated carbocycles. The van der Waals surface area contributed by atoms with E-state index in [1.165, 1.54) is 79.1 Å². The van der Waals surface area contributed by atoms with Crippen LogP contribution in [0.25, 0.3) is 44.7 Å². The van der Waals surface area contributed by atoms with Crippen LogP contribution < -0.4 is 56.8 Å². The summed E-state index contributed by atoms with van der Waals surface area (Å²) in [6, 6.07) is 2.44. The van der Waals surface area contributed by atoms with Crippen molar-refractivity contribution >= 4 is 168 Å². The third kappa shape index (κ3) is 23.4. The van der Waals surface area contributed by atoms with Gasteiger partial charge in [-0.05, 0) is 35.7 Å². The summed E-state index contributed by atoms with van der Waals surface area (Å²) in [7, 11) is -27.6. The van der Waals surface area contributed by atoms with E-state index in [0.29, 0.717) is 5.65 Å². The number of nitrogen functional groups attached to an aromatic ring is 6. The molecule has 0 aliphatic carbocycles. The number of nitrogens with zero attached hydrogens (tertiary/aromatic N) is 23. The number of anilines is 6. The molecule has 0 radical (unpaired) electrons. The Morgan fingerprint density at radius 1 is 0.352 bits per heavy atom. The normalized spacial score (nSPS) is 30.2. The summed E-state index contributed by atoms with van der Waals surface area (Å²) in [5, 5.41) is 24.5. The molecule has 8 aliphatic heterocycles. The average molecular weight is 2210 g/mol. The van der Waals surface area contributed by atoms with Gasteiger partial charge in [0.15, 0.2) is 63.9 Å². The Hall–Kier alpha value is -9.51. The molecule has 0 aromatic carbocycles. The second-order valence-corrected chi connectivity index (χ2v) is 45.6. The maximum absolute atomic E-state index is 14.8. The van der Waals surface area contributed by atoms with Crippen LogP contribution in [0.4, 0.5) is 40.7 Å². The number of hydrogen-bond donors (Lipinski definition) is 18. The van der Waals surface area contributed by atoms with Crippen molar-refractivity contribution in [1.82, 2.24) is 112 Å². The Bertz CT molecular complexity index is 7220. The van der Waals surface area contributed by atoms with Gasteiger partial charge in [-0.2, -0.15) is 15.0 Å². The van der Waals surface area contributed by atoms with Gasteiger partial charge in [0.25, 0.3) is 0 Å². The van der Waals surface area contributed by atoms with Crippen LogP contribution >= 0.6 is 52.6 Å². The zero-order chi connectivity index (χ0) is 102. The van der Waals surface area contributed by atoms with Gasteiger partial charge < -0.3 is 146 Å². The number of fused-ring (bicyclic) bond motifs is 5. The Kier molecular flexibility index (Phi) is 29.7. The summed E-state index contributed by atoms with van der Waals surface area (Å²) < 4.78 is 196. The van der Waals surface area contributed by atoms with Crippen molar-refractivity contribution in [2.75, 3.05) is 80.7 Å². The third-order valence-electron chi connectivity index (χ3n) is 23.7. The number of hydrogen-bond acceptors (Lipinski definition) is 55. The lowest BCUT2D eigenvalue weighted by Crippen LogP contribution is -2.37. The summed E-state index contributed by atoms with van der Waals surface area (Å²) in [6.45, 7) is -15.6. The van der Waals surface area contributed by atoms with Crippen LogP contribution in [0.2, 0.25) is 0 Å². The highest BCUT2D eigenvalue weighted by molar-refractivity contribution is 8.07. The van der Waals surface area contributed by atoms with Gasteiger partial charge in [-0.15, -0.1) is 0 Å². The number of aliphatic hydroxyl groups is 2. The SMILES string of the molecule is NC1=Nc2c(ncn2[C@H]2C[C@@H](OP(=O)(O)OC[C@H]3O[C@@H](n4cnc5c(N)ncnc54)C[C@H]3OP(=O)(O)OC[C@H]3O[C@@H](n4ccc(N)nc4=O)C[C@H]3OP(O)(=S)OC[C@H]3O[C@@H](n4cnc5c(N)ncnc54)C[C@H]3OP(O)(=S)OC[C@H]3O[C@@H](n4cnc5c(N)ncnc54)C[C@H]3O)[C@@H](COP(=O)(O)O[C@@H]3C[C@H](n4ccc(N)nc4=O)O[C@@H]3COP(=O)(O)O[C@@H]3C[C@H](n4cnc5c(N)ncnc54)O[C@@H]3COP(=O)(O)O)O2)C(O)N1. The van der Waals surface area contributed by atoms with E-state index in [1.54, 1.807) is 0 Å². The fourth-order valence-corrected chi connectivity index (χ4v) is 24.2. The number of ether oxygens (including phenoxy) is 7. The molecule has 7 fully saturated rings. The lowest BCUT2D eigenvalue weighted by atomic mass is 10.2. The maximum atomic E-state index is 14.8. The molecule has 0 spiro atoms. The van der Waals surface area contributed by atoms with E-state index in [-0.39, 0.29) is 111 Å². The molecule has 784 valence electrons. The van der Waals surface area contributed by atoms with Crippen molar-refractivity contribution in [2.45, 2.75) is 180 Å². The second-order valence-electron chi connectivity index (χ2n) is 33.2. The predicted molar refractivity (Wildman–Crippen MR) is 487 cm³/mol. The van der Waals surface area contributed by atoms with Crippen molar-refractivity contribution in [3.63, 3.8) is 0 Å². The van der Waals surface area contributed by atoms with Gasteiger partial charge in [-0.25, -0.2) is 97.2 Å². The highest BCUT2D eigenvalue weighted by atomic mass is 32.5. The molecule has 145 heavy (non-hydrogen) atoms. The van der Waals surface area contributed by atoms with Gasteiger partial charge in [0.05, 0.1) is 96.2 Å². The number of imidazole rings is 5. The number of aliphatic hydroxyl groups excluding tert-OH is 2. The van der Waals surface area contributed by atoms with E-state index in [4.69, 9.17) is 151 Å². The number of aromatic nitrogens is 22. The zero-order valence-corrected chi connectivity index (χ0v) is 81.8. The van der Waals surface area contributed by atoms with Crippen molar-refractivity contribution in [1.29, 1.82) is 0 Å². The first-order valence-electron chi connectivity index (χ1n) is 42.9. The minimum Gasteiger partial charge on any atom is -0.390 e. The monoisotopic (exact) mass is 2210 g/mol. The Balaban J connectivity index is 0.533. The van der Waals surface area contributed by atoms with Crippen LogP contribution in [-0.4, -0.2) is 294 Å². The van der Waals surface area contributed by atoms with Crippen LogP contribution in [0.15, 0.2) is 96.1 Å². The lowest BCUT2D eigenvalue weighted by Gasteiger charge is -2.27. The van der Waals surface area contributed by atoms with Crippen LogP contribution in [0, 0.1) is 0 Å². The van der Waals surface area contributed by atoms with Gasteiger partial charge in [0.2, 0.25) is 0 Å². The van der Waals surface area contributed by atoms with E-state index in [2.05, 4.69) is 89.6 Å². The van der Waals surface area contributed by atoms with E-state index in [9.17, 15) is 81.8 Å². The summed E-state index contributed by atoms with van der Waals surface area (Å²) >= 11 is 11.1. The predicted octanol–water partition coefficient (Wildman–Crippen LogP) is -1.48. The Morgan fingerprint density at radius 2 is 0.628 bits per heavy atom. The lowest BCUT2D eigenvalue weighted by molar-refractivity contribution is -0.0640. The van der Waals surface area contributed by atoms with Crippen LogP contribution in [-0.2, 0) is 138 Å². The Labute approximate surface area is 819 Å². The molecule has 8 aliphatic rings. The maximum Gasteiger partial charge on any atom is 0.472 e. The summed E-state index contributed by atoms with van der Waals surface area (Å²) in [6.07, 6.45) is -21.1. The number of aliphatic imine (C=N–C) groups is 1. The molecule has 7 saturated heterocycles. The van der Waals surface area contributed by atoms with Crippen molar-refractivity contribution in [2.24, 2.45) is 10.7 Å². The number of rotatable bonds is 40. The van der Waals surface area contributed by atoms with Crippen LogP contribution in [0.1, 0.15) is 100 Å². The van der Waals surface area contributed by atoms with Gasteiger partial charge in [0, 0.05) is 57.3 Å². The molecular weight excluding hydrogens is 2120 g/mol. The van der Waals surface area contributed by atoms with E-state index in [1.807, 2.05) is 0 Å². The first kappa shape index (κ1) is 104. The van der Waals surface area contributed by atoms with Crippen LogP contribution in [0.3, 0.4) is 0 Å². The van der Waals surface area contributed by atoms with E-state index >= 15 is 0 Å².